The van der Waals surface area contributed by atoms with Gasteiger partial charge in [0, 0.05) is 28.2 Å². The van der Waals surface area contributed by atoms with E-state index in [1.165, 1.54) is 60.1 Å². The summed E-state index contributed by atoms with van der Waals surface area (Å²) in [7, 11) is 0. The summed E-state index contributed by atoms with van der Waals surface area (Å²) in [6.45, 7) is 0. The summed E-state index contributed by atoms with van der Waals surface area (Å²) in [6, 6.07) is 49.5. The molecule has 0 saturated heterocycles. The van der Waals surface area contributed by atoms with Gasteiger partial charge in [0.1, 0.15) is 5.82 Å². The molecule has 0 aromatic heterocycles. The van der Waals surface area contributed by atoms with E-state index in [9.17, 15) is 4.39 Å². The Morgan fingerprint density at radius 1 is 0.489 bits per heavy atom. The zero-order valence-electron chi connectivity index (χ0n) is 26.0. The van der Waals surface area contributed by atoms with Crippen LogP contribution in [0.15, 0.2) is 146 Å². The van der Waals surface area contributed by atoms with Gasteiger partial charge in [-0.05, 0) is 133 Å². The summed E-state index contributed by atoms with van der Waals surface area (Å²) in [4.78, 5) is 4.36. The van der Waals surface area contributed by atoms with Crippen molar-refractivity contribution in [3.8, 4) is 11.1 Å². The van der Waals surface area contributed by atoms with Crippen LogP contribution >= 0.6 is 11.6 Å². The maximum absolute atomic E-state index is 14.3. The molecular formula is C43H34ClFN2. The van der Waals surface area contributed by atoms with Crippen LogP contribution in [0.1, 0.15) is 36.8 Å². The van der Waals surface area contributed by atoms with Crippen LogP contribution in [-0.4, -0.2) is 0 Å². The molecule has 0 unspecified atom stereocenters. The van der Waals surface area contributed by atoms with Gasteiger partial charge >= 0.3 is 0 Å². The van der Waals surface area contributed by atoms with E-state index in [2.05, 4.69) is 94.7 Å². The number of hydrogen-bond acceptors (Lipinski definition) is 2. The van der Waals surface area contributed by atoms with Crippen molar-refractivity contribution >= 4 is 45.7 Å². The first-order chi connectivity index (χ1) is 23.1. The molecule has 2 bridgehead atoms. The molecule has 230 valence electrons. The number of para-hydroxylation sites is 2. The van der Waals surface area contributed by atoms with Gasteiger partial charge in [-0.1, -0.05) is 84.4 Å². The molecule has 2 saturated carbocycles. The number of rotatable bonds is 6. The molecule has 0 heterocycles. The Hall–Kier alpha value is -4.86. The van der Waals surface area contributed by atoms with E-state index < -0.39 is 0 Å². The third-order valence-corrected chi connectivity index (χ3v) is 11.3. The molecule has 2 nitrogen and oxygen atoms in total. The molecule has 9 rings (SSSR count). The molecule has 3 aliphatic rings. The smallest absolute Gasteiger partial charge is 0.123 e. The van der Waals surface area contributed by atoms with Crippen molar-refractivity contribution in [2.75, 3.05) is 9.80 Å². The summed E-state index contributed by atoms with van der Waals surface area (Å²) in [5, 5.41) is 0.607. The van der Waals surface area contributed by atoms with Crippen molar-refractivity contribution < 1.29 is 4.39 Å². The highest BCUT2D eigenvalue weighted by Gasteiger charge is 2.59. The second-order valence-electron chi connectivity index (χ2n) is 13.1. The van der Waals surface area contributed by atoms with Crippen LogP contribution in [0.25, 0.3) is 11.1 Å². The summed E-state index contributed by atoms with van der Waals surface area (Å²) in [6.07, 6.45) is 5.24. The first-order valence-electron chi connectivity index (χ1n) is 16.6. The quantitative estimate of drug-likeness (QED) is 0.180. The number of benzene rings is 6. The maximum atomic E-state index is 14.3. The lowest BCUT2D eigenvalue weighted by Gasteiger charge is -2.34. The SMILES string of the molecule is Fc1ccc(N(c2ccc3c(c2)-c2ccccc2C32C3CCC2CC3)c2cccc(N(c3ccccc3)c3ccccc3)c2Cl)cc1. The first-order valence-corrected chi connectivity index (χ1v) is 17.0. The minimum absolute atomic E-state index is 0.120. The van der Waals surface area contributed by atoms with E-state index in [0.29, 0.717) is 16.9 Å². The van der Waals surface area contributed by atoms with E-state index in [1.54, 1.807) is 0 Å². The number of fused-ring (bicyclic) bond motifs is 3. The van der Waals surface area contributed by atoms with Crippen LogP contribution in [0, 0.1) is 17.7 Å². The van der Waals surface area contributed by atoms with E-state index in [-0.39, 0.29) is 11.2 Å². The van der Waals surface area contributed by atoms with Gasteiger partial charge < -0.3 is 9.80 Å². The van der Waals surface area contributed by atoms with E-state index in [1.807, 2.05) is 48.5 Å². The predicted molar refractivity (Wildman–Crippen MR) is 192 cm³/mol. The van der Waals surface area contributed by atoms with Gasteiger partial charge in [0.25, 0.3) is 0 Å². The highest BCUT2D eigenvalue weighted by Crippen LogP contribution is 2.68. The van der Waals surface area contributed by atoms with Crippen molar-refractivity contribution in [2.24, 2.45) is 11.8 Å². The average molecular weight is 633 g/mol. The number of hydrogen-bond donors (Lipinski definition) is 0. The van der Waals surface area contributed by atoms with E-state index in [4.69, 9.17) is 11.6 Å². The fraction of sp³-hybridized carbons (Fsp3) is 0.163. The lowest BCUT2D eigenvalue weighted by atomic mass is 9.70. The van der Waals surface area contributed by atoms with Crippen molar-refractivity contribution in [3.05, 3.63) is 168 Å². The zero-order valence-corrected chi connectivity index (χ0v) is 26.7. The number of nitrogens with zero attached hydrogens (tertiary/aromatic N) is 2. The van der Waals surface area contributed by atoms with Gasteiger partial charge in [-0.3, -0.25) is 0 Å². The Balaban J connectivity index is 1.24. The first kappa shape index (κ1) is 28.4. The lowest BCUT2D eigenvalue weighted by Crippen LogP contribution is -2.30. The van der Waals surface area contributed by atoms with Crippen LogP contribution in [0.2, 0.25) is 5.02 Å². The Morgan fingerprint density at radius 3 is 1.60 bits per heavy atom. The molecule has 0 aliphatic heterocycles. The van der Waals surface area contributed by atoms with E-state index >= 15 is 0 Å². The average Bonchev–Trinajstić information content (AvgIpc) is 3.77. The van der Waals surface area contributed by atoms with Gasteiger partial charge in [0.05, 0.1) is 16.4 Å². The third-order valence-electron chi connectivity index (χ3n) is 10.9. The Bertz CT molecular complexity index is 2030. The second-order valence-corrected chi connectivity index (χ2v) is 13.5. The third kappa shape index (κ3) is 4.29. The molecule has 47 heavy (non-hydrogen) atoms. The summed E-state index contributed by atoms with van der Waals surface area (Å²) in [5.74, 6) is 1.12. The van der Waals surface area contributed by atoms with Crippen LogP contribution < -0.4 is 9.80 Å². The van der Waals surface area contributed by atoms with Crippen LogP contribution in [0.5, 0.6) is 0 Å². The molecular weight excluding hydrogens is 599 g/mol. The Morgan fingerprint density at radius 2 is 0.979 bits per heavy atom. The van der Waals surface area contributed by atoms with Crippen molar-refractivity contribution in [3.63, 3.8) is 0 Å². The lowest BCUT2D eigenvalue weighted by molar-refractivity contribution is 0.400. The molecule has 2 fully saturated rings. The fourth-order valence-electron chi connectivity index (χ4n) is 9.15. The van der Waals surface area contributed by atoms with Crippen LogP contribution in [0.3, 0.4) is 0 Å². The van der Waals surface area contributed by atoms with Crippen LogP contribution in [0.4, 0.5) is 38.5 Å². The zero-order chi connectivity index (χ0) is 31.5. The molecule has 0 amide bonds. The molecule has 6 aromatic carbocycles. The van der Waals surface area contributed by atoms with Crippen molar-refractivity contribution in [2.45, 2.75) is 31.1 Å². The van der Waals surface area contributed by atoms with Gasteiger partial charge in [0.15, 0.2) is 0 Å². The largest absolute Gasteiger partial charge is 0.309 e. The molecule has 3 aliphatic carbocycles. The summed E-state index contributed by atoms with van der Waals surface area (Å²) < 4.78 is 14.3. The topological polar surface area (TPSA) is 6.48 Å². The van der Waals surface area contributed by atoms with Gasteiger partial charge in [0.2, 0.25) is 0 Å². The van der Waals surface area contributed by atoms with Gasteiger partial charge in [-0.2, -0.15) is 0 Å². The minimum Gasteiger partial charge on any atom is -0.309 e. The predicted octanol–water partition coefficient (Wildman–Crippen LogP) is 12.5. The van der Waals surface area contributed by atoms with Gasteiger partial charge in [-0.15, -0.1) is 0 Å². The van der Waals surface area contributed by atoms with E-state index in [0.717, 1.165) is 34.1 Å². The Labute approximate surface area is 280 Å². The second kappa shape index (κ2) is 11.1. The molecule has 0 N–H and O–H groups in total. The molecule has 0 radical (unpaired) electrons. The normalized spacial score (nSPS) is 20.3. The van der Waals surface area contributed by atoms with Gasteiger partial charge in [-0.25, -0.2) is 4.39 Å². The maximum Gasteiger partial charge on any atom is 0.123 e. The Kier molecular flexibility index (Phi) is 6.72. The summed E-state index contributed by atoms with van der Waals surface area (Å²) >= 11 is 7.52. The highest BCUT2D eigenvalue weighted by molar-refractivity contribution is 6.36. The molecule has 0 atom stereocenters. The fourth-order valence-corrected chi connectivity index (χ4v) is 9.44. The van der Waals surface area contributed by atoms with Crippen molar-refractivity contribution in [1.29, 1.82) is 0 Å². The minimum atomic E-state index is -0.269. The standard InChI is InChI=1S/C43H34ClFN2/c44-42-40(46(32-10-3-1-4-11-32)33-12-5-2-6-13-33)16-9-17-41(42)47(34-24-22-31(45)23-25-34)35-26-27-39-37(28-35)36-14-7-8-15-38(36)43(39)29-18-19-30(43)21-20-29/h1-17,22-30H,18-21H2. The highest BCUT2D eigenvalue weighted by atomic mass is 35.5. The molecule has 1 spiro atoms. The number of anilines is 6. The molecule has 6 aromatic rings. The summed E-state index contributed by atoms with van der Waals surface area (Å²) in [5.41, 5.74) is 11.3. The monoisotopic (exact) mass is 632 g/mol. The molecule has 4 heteroatoms. The number of halogens is 2. The van der Waals surface area contributed by atoms with Crippen molar-refractivity contribution in [1.82, 2.24) is 0 Å². The van der Waals surface area contributed by atoms with Crippen LogP contribution in [-0.2, 0) is 5.41 Å².